The largest absolute Gasteiger partial charge is 0.495 e. The van der Waals surface area contributed by atoms with Crippen molar-refractivity contribution in [2.24, 2.45) is 0 Å². The summed E-state index contributed by atoms with van der Waals surface area (Å²) < 4.78 is 34.7. The van der Waals surface area contributed by atoms with Gasteiger partial charge in [0.15, 0.2) is 0 Å². The van der Waals surface area contributed by atoms with Crippen LogP contribution < -0.4 is 14.4 Å². The van der Waals surface area contributed by atoms with Gasteiger partial charge in [-0.05, 0) is 67.6 Å². The molecular weight excluding hydrogens is 586 g/mol. The summed E-state index contributed by atoms with van der Waals surface area (Å²) >= 11 is 6.32. The molecule has 0 spiro atoms. The topological polar surface area (TPSA) is 96.0 Å². The van der Waals surface area contributed by atoms with Gasteiger partial charge >= 0.3 is 0 Å². The normalized spacial score (nSPS) is 14.5. The fourth-order valence-electron chi connectivity index (χ4n) is 5.53. The Kier molecular flexibility index (Phi) is 11.1. The molecular formula is C33H40ClN3O5S. The maximum Gasteiger partial charge on any atom is 0.264 e. The minimum atomic E-state index is -4.24. The highest BCUT2D eigenvalue weighted by Gasteiger charge is 2.35. The van der Waals surface area contributed by atoms with Gasteiger partial charge in [-0.25, -0.2) is 8.42 Å². The van der Waals surface area contributed by atoms with Crippen LogP contribution >= 0.6 is 11.6 Å². The van der Waals surface area contributed by atoms with Crippen LogP contribution in [0.15, 0.2) is 77.7 Å². The van der Waals surface area contributed by atoms with Gasteiger partial charge in [0.1, 0.15) is 18.3 Å². The average molecular weight is 626 g/mol. The van der Waals surface area contributed by atoms with Crippen molar-refractivity contribution in [2.75, 3.05) is 18.0 Å². The van der Waals surface area contributed by atoms with E-state index in [0.29, 0.717) is 6.42 Å². The lowest BCUT2D eigenvalue weighted by Gasteiger charge is -2.35. The second-order valence-electron chi connectivity index (χ2n) is 10.9. The van der Waals surface area contributed by atoms with Gasteiger partial charge in [0.25, 0.3) is 10.0 Å². The van der Waals surface area contributed by atoms with E-state index in [-0.39, 0.29) is 39.8 Å². The minimum Gasteiger partial charge on any atom is -0.495 e. The molecule has 0 bridgehead atoms. The zero-order chi connectivity index (χ0) is 31.0. The van der Waals surface area contributed by atoms with Crippen molar-refractivity contribution in [3.8, 4) is 5.75 Å². The Hall–Kier alpha value is -3.56. The first-order valence-electron chi connectivity index (χ1n) is 14.7. The third-order valence-corrected chi connectivity index (χ3v) is 9.97. The van der Waals surface area contributed by atoms with Crippen LogP contribution in [0.3, 0.4) is 0 Å². The highest BCUT2D eigenvalue weighted by atomic mass is 35.5. The molecule has 1 atom stereocenters. The number of hydrogen-bond donors (Lipinski definition) is 1. The van der Waals surface area contributed by atoms with Crippen molar-refractivity contribution in [1.82, 2.24) is 10.2 Å². The molecule has 43 heavy (non-hydrogen) atoms. The number of sulfonamides is 1. The second kappa shape index (κ2) is 14.8. The molecule has 1 aliphatic rings. The van der Waals surface area contributed by atoms with Crippen LogP contribution in [0.4, 0.5) is 5.69 Å². The summed E-state index contributed by atoms with van der Waals surface area (Å²) in [5.74, 6) is -0.506. The lowest BCUT2D eigenvalue weighted by Crippen LogP contribution is -2.54. The van der Waals surface area contributed by atoms with Gasteiger partial charge in [-0.1, -0.05) is 80.3 Å². The Bertz CT molecular complexity index is 1510. The third-order valence-electron chi connectivity index (χ3n) is 7.96. The molecule has 3 aromatic rings. The van der Waals surface area contributed by atoms with Crippen molar-refractivity contribution >= 4 is 39.1 Å². The molecule has 10 heteroatoms. The fraction of sp³-hybridized carbons (Fsp3) is 0.394. The predicted octanol–water partition coefficient (Wildman–Crippen LogP) is 6.11. The highest BCUT2D eigenvalue weighted by molar-refractivity contribution is 7.92. The molecule has 230 valence electrons. The first-order chi connectivity index (χ1) is 20.6. The number of methoxy groups -OCH3 is 1. The van der Waals surface area contributed by atoms with Crippen LogP contribution in [-0.4, -0.2) is 50.9 Å². The summed E-state index contributed by atoms with van der Waals surface area (Å²) in [7, 11) is -2.82. The summed E-state index contributed by atoms with van der Waals surface area (Å²) in [4.78, 5) is 29.6. The van der Waals surface area contributed by atoms with Crippen molar-refractivity contribution in [3.63, 3.8) is 0 Å². The Morgan fingerprint density at radius 1 is 1.00 bits per heavy atom. The number of amides is 2. The predicted molar refractivity (Wildman–Crippen MR) is 170 cm³/mol. The van der Waals surface area contributed by atoms with Crippen LogP contribution in [0.2, 0.25) is 5.02 Å². The van der Waals surface area contributed by atoms with Gasteiger partial charge in [0, 0.05) is 17.6 Å². The number of carbonyl (C=O) groups excluding carboxylic acids is 2. The van der Waals surface area contributed by atoms with Gasteiger partial charge in [-0.3, -0.25) is 13.9 Å². The molecule has 8 nitrogen and oxygen atoms in total. The quantitative estimate of drug-likeness (QED) is 0.262. The smallest absolute Gasteiger partial charge is 0.264 e. The van der Waals surface area contributed by atoms with E-state index in [4.69, 9.17) is 16.3 Å². The summed E-state index contributed by atoms with van der Waals surface area (Å²) in [5, 5.41) is 3.45. The van der Waals surface area contributed by atoms with E-state index >= 15 is 0 Å². The number of halogens is 1. The van der Waals surface area contributed by atoms with E-state index in [1.807, 2.05) is 38.1 Å². The number of benzene rings is 3. The minimum absolute atomic E-state index is 0.0114. The molecule has 0 aromatic heterocycles. The van der Waals surface area contributed by atoms with Gasteiger partial charge in [-0.2, -0.15) is 0 Å². The van der Waals surface area contributed by atoms with Crippen LogP contribution in [-0.2, 0) is 26.2 Å². The maximum atomic E-state index is 14.4. The molecule has 1 aliphatic carbocycles. The van der Waals surface area contributed by atoms with E-state index in [2.05, 4.69) is 5.32 Å². The summed E-state index contributed by atoms with van der Waals surface area (Å²) in [6, 6.07) is 19.5. The Morgan fingerprint density at radius 3 is 2.33 bits per heavy atom. The SMILES string of the molecule is CC[C@H](C(=O)NC1CCCCC1)N(Cc1ccccc1C)C(=O)CN(c1cc(Cl)ccc1OC)S(=O)(=O)c1ccccc1. The Balaban J connectivity index is 1.76. The highest BCUT2D eigenvalue weighted by Crippen LogP contribution is 2.35. The Morgan fingerprint density at radius 2 is 1.67 bits per heavy atom. The first kappa shape index (κ1) is 32.4. The lowest BCUT2D eigenvalue weighted by molar-refractivity contribution is -0.140. The van der Waals surface area contributed by atoms with E-state index in [1.54, 1.807) is 30.3 Å². The number of nitrogens with zero attached hydrogens (tertiary/aromatic N) is 2. The van der Waals surface area contributed by atoms with Crippen molar-refractivity contribution in [2.45, 2.75) is 75.9 Å². The Labute approximate surface area is 260 Å². The van der Waals surface area contributed by atoms with E-state index in [1.165, 1.54) is 30.2 Å². The standard InChI is InChI=1S/C33H40ClN3O5S/c1-4-29(33(39)35-27-15-7-5-8-16-27)36(22-25-14-12-11-13-24(25)2)32(38)23-37(30-21-26(34)19-20-31(30)42-3)43(40,41)28-17-9-6-10-18-28/h6,9-14,17-21,27,29H,4-5,7-8,15-16,22-23H2,1-3H3,(H,35,39)/t29-/m1/s1. The van der Waals surface area contributed by atoms with Crippen LogP contribution in [0.1, 0.15) is 56.6 Å². The number of aryl methyl sites for hydroxylation is 1. The fourth-order valence-corrected chi connectivity index (χ4v) is 7.13. The van der Waals surface area contributed by atoms with Crippen molar-refractivity contribution < 1.29 is 22.7 Å². The third kappa shape index (κ3) is 7.89. The molecule has 0 radical (unpaired) electrons. The summed E-state index contributed by atoms with van der Waals surface area (Å²) in [6.45, 7) is 3.40. The number of hydrogen-bond acceptors (Lipinski definition) is 5. The van der Waals surface area contributed by atoms with Gasteiger partial charge < -0.3 is 15.0 Å². The molecule has 0 heterocycles. The molecule has 1 N–H and O–H groups in total. The van der Waals surface area contributed by atoms with Gasteiger partial charge in [0.2, 0.25) is 11.8 Å². The molecule has 0 aliphatic heterocycles. The first-order valence-corrected chi connectivity index (χ1v) is 16.5. The van der Waals surface area contributed by atoms with Crippen molar-refractivity contribution in [1.29, 1.82) is 0 Å². The van der Waals surface area contributed by atoms with Crippen LogP contribution in [0, 0.1) is 6.92 Å². The molecule has 2 amide bonds. The number of nitrogens with one attached hydrogen (secondary N) is 1. The van der Waals surface area contributed by atoms with Crippen LogP contribution in [0.25, 0.3) is 0 Å². The monoisotopic (exact) mass is 625 g/mol. The maximum absolute atomic E-state index is 14.4. The number of ether oxygens (including phenoxy) is 1. The molecule has 4 rings (SSSR count). The van der Waals surface area contributed by atoms with Crippen LogP contribution in [0.5, 0.6) is 5.75 Å². The summed E-state index contributed by atoms with van der Waals surface area (Å²) in [5.41, 5.74) is 1.97. The summed E-state index contributed by atoms with van der Waals surface area (Å²) in [6.07, 6.45) is 5.45. The van der Waals surface area contributed by atoms with E-state index < -0.39 is 28.5 Å². The van der Waals surface area contributed by atoms with E-state index in [0.717, 1.165) is 47.5 Å². The number of carbonyl (C=O) groups is 2. The second-order valence-corrected chi connectivity index (χ2v) is 13.2. The van der Waals surface area contributed by atoms with E-state index in [9.17, 15) is 18.0 Å². The molecule has 3 aromatic carbocycles. The van der Waals surface area contributed by atoms with Gasteiger partial charge in [-0.15, -0.1) is 0 Å². The zero-order valence-corrected chi connectivity index (χ0v) is 26.5. The number of anilines is 1. The number of rotatable bonds is 12. The average Bonchev–Trinajstić information content (AvgIpc) is 3.01. The molecule has 0 saturated heterocycles. The van der Waals surface area contributed by atoms with Gasteiger partial charge in [0.05, 0.1) is 17.7 Å². The molecule has 1 fully saturated rings. The molecule has 1 saturated carbocycles. The lowest BCUT2D eigenvalue weighted by atomic mass is 9.95. The zero-order valence-electron chi connectivity index (χ0n) is 25.0. The van der Waals surface area contributed by atoms with Crippen molar-refractivity contribution in [3.05, 3.63) is 88.9 Å². The molecule has 0 unspecified atom stereocenters.